The standard InChI is InChI=1S/C16H15Cl2F2N3O3/c1-6-11-9(2-3-21-15(6)26)23(16(19)20)14-12(11)8(22-10(25)5-24)4-7(17)13(14)18/h4,6,16,24H,2-3,5H2,1H3,(H,21,26)(H,22,25)/t6-/m1/s1. The second-order valence-corrected chi connectivity index (χ2v) is 6.71. The molecular weight excluding hydrogens is 391 g/mol. The molecular formula is C16H15Cl2F2N3O3. The van der Waals surface area contributed by atoms with Crippen molar-refractivity contribution in [3.05, 3.63) is 27.4 Å². The Morgan fingerprint density at radius 3 is 2.81 bits per heavy atom. The number of alkyl halides is 2. The van der Waals surface area contributed by atoms with E-state index >= 15 is 0 Å². The molecule has 3 rings (SSSR count). The van der Waals surface area contributed by atoms with E-state index in [4.69, 9.17) is 28.3 Å². The highest BCUT2D eigenvalue weighted by Gasteiger charge is 2.33. The van der Waals surface area contributed by atoms with Gasteiger partial charge in [0.1, 0.15) is 6.61 Å². The number of nitrogens with zero attached hydrogens (tertiary/aromatic N) is 1. The van der Waals surface area contributed by atoms with Gasteiger partial charge in [-0.25, -0.2) is 0 Å². The fourth-order valence-corrected chi connectivity index (χ4v) is 3.77. The smallest absolute Gasteiger partial charge is 0.319 e. The Balaban J connectivity index is 2.46. The molecule has 1 aliphatic rings. The van der Waals surface area contributed by atoms with E-state index in [2.05, 4.69) is 10.6 Å². The van der Waals surface area contributed by atoms with Crippen molar-refractivity contribution in [3.8, 4) is 0 Å². The maximum atomic E-state index is 13.9. The van der Waals surface area contributed by atoms with Crippen LogP contribution in [0.5, 0.6) is 0 Å². The van der Waals surface area contributed by atoms with Gasteiger partial charge < -0.3 is 15.7 Å². The molecule has 0 fully saturated rings. The van der Waals surface area contributed by atoms with E-state index < -0.39 is 25.0 Å². The maximum absolute atomic E-state index is 13.9. The van der Waals surface area contributed by atoms with Gasteiger partial charge in [-0.2, -0.15) is 8.78 Å². The van der Waals surface area contributed by atoms with E-state index in [0.29, 0.717) is 5.56 Å². The number of hydrogen-bond acceptors (Lipinski definition) is 3. The second kappa shape index (κ2) is 7.02. The zero-order valence-electron chi connectivity index (χ0n) is 13.6. The number of aliphatic hydroxyl groups excluding tert-OH is 1. The minimum atomic E-state index is -2.92. The summed E-state index contributed by atoms with van der Waals surface area (Å²) in [5, 5.41) is 14.2. The third-order valence-electron chi connectivity index (χ3n) is 4.41. The fourth-order valence-electron chi connectivity index (χ4n) is 3.33. The molecule has 0 bridgehead atoms. The number of amides is 2. The van der Waals surface area contributed by atoms with Crippen molar-refractivity contribution < 1.29 is 23.5 Å². The zero-order chi connectivity index (χ0) is 19.2. The maximum Gasteiger partial charge on any atom is 0.319 e. The first-order chi connectivity index (χ1) is 12.3. The molecule has 1 aliphatic heterocycles. The minimum absolute atomic E-state index is 0.0286. The fraction of sp³-hybridized carbons (Fsp3) is 0.375. The molecule has 0 unspecified atom stereocenters. The second-order valence-electron chi connectivity index (χ2n) is 5.92. The lowest BCUT2D eigenvalue weighted by Crippen LogP contribution is -2.27. The number of nitrogens with one attached hydrogen (secondary N) is 2. The van der Waals surface area contributed by atoms with Crippen molar-refractivity contribution in [1.29, 1.82) is 0 Å². The number of carbonyl (C=O) groups excluding carboxylic acids is 2. The summed E-state index contributed by atoms with van der Waals surface area (Å²) in [6.45, 7) is -1.92. The van der Waals surface area contributed by atoms with E-state index in [1.54, 1.807) is 6.92 Å². The average molecular weight is 406 g/mol. The molecule has 140 valence electrons. The van der Waals surface area contributed by atoms with E-state index in [-0.39, 0.29) is 51.2 Å². The summed E-state index contributed by atoms with van der Waals surface area (Å²) in [4.78, 5) is 23.9. The molecule has 26 heavy (non-hydrogen) atoms. The first kappa shape index (κ1) is 18.9. The Labute approximate surface area is 157 Å². The summed E-state index contributed by atoms with van der Waals surface area (Å²) in [5.41, 5.74) is 0.686. The van der Waals surface area contributed by atoms with Gasteiger partial charge in [0.15, 0.2) is 0 Å². The van der Waals surface area contributed by atoms with Crippen LogP contribution in [-0.4, -0.2) is 34.6 Å². The monoisotopic (exact) mass is 405 g/mol. The molecule has 1 atom stereocenters. The number of carbonyl (C=O) groups is 2. The van der Waals surface area contributed by atoms with Crippen molar-refractivity contribution in [1.82, 2.24) is 9.88 Å². The van der Waals surface area contributed by atoms with Crippen molar-refractivity contribution in [2.45, 2.75) is 25.8 Å². The molecule has 1 aromatic heterocycles. The highest BCUT2D eigenvalue weighted by molar-refractivity contribution is 6.46. The molecule has 1 aromatic carbocycles. The van der Waals surface area contributed by atoms with E-state index in [1.807, 2.05) is 0 Å². The Hall–Kier alpha value is -1.90. The topological polar surface area (TPSA) is 83.4 Å². The van der Waals surface area contributed by atoms with Gasteiger partial charge in [0.2, 0.25) is 11.8 Å². The Kier molecular flexibility index (Phi) is 5.09. The third kappa shape index (κ3) is 2.91. The van der Waals surface area contributed by atoms with Crippen LogP contribution in [0.2, 0.25) is 10.0 Å². The number of anilines is 1. The SMILES string of the molecule is C[C@H]1C(=O)NCCc2c1c1c(NC(=O)CO)cc(Cl)c(Cl)c1n2C(F)F. The van der Waals surface area contributed by atoms with Gasteiger partial charge in [-0.3, -0.25) is 14.2 Å². The van der Waals surface area contributed by atoms with Crippen molar-refractivity contribution in [3.63, 3.8) is 0 Å². The first-order valence-corrected chi connectivity index (χ1v) is 8.54. The molecule has 0 spiro atoms. The highest BCUT2D eigenvalue weighted by atomic mass is 35.5. The predicted molar refractivity (Wildman–Crippen MR) is 94.1 cm³/mol. The predicted octanol–water partition coefficient (Wildman–Crippen LogP) is 3.05. The largest absolute Gasteiger partial charge is 0.387 e. The van der Waals surface area contributed by atoms with E-state index in [1.165, 1.54) is 6.07 Å². The molecule has 2 heterocycles. The molecule has 6 nitrogen and oxygen atoms in total. The van der Waals surface area contributed by atoms with E-state index in [0.717, 1.165) is 4.57 Å². The quantitative estimate of drug-likeness (QED) is 0.733. The number of hydrogen-bond donors (Lipinski definition) is 3. The van der Waals surface area contributed by atoms with Crippen LogP contribution in [0.1, 0.15) is 30.6 Å². The lowest BCUT2D eigenvalue weighted by atomic mass is 9.96. The summed E-state index contributed by atoms with van der Waals surface area (Å²) >= 11 is 12.3. The molecule has 0 aliphatic carbocycles. The Bertz CT molecular complexity index is 914. The lowest BCUT2D eigenvalue weighted by molar-refractivity contribution is -0.122. The molecule has 3 N–H and O–H groups in total. The molecule has 10 heteroatoms. The van der Waals surface area contributed by atoms with Crippen LogP contribution in [0.15, 0.2) is 6.07 Å². The van der Waals surface area contributed by atoms with Crippen LogP contribution < -0.4 is 10.6 Å². The van der Waals surface area contributed by atoms with Crippen molar-refractivity contribution in [2.75, 3.05) is 18.5 Å². The summed E-state index contributed by atoms with van der Waals surface area (Å²) < 4.78 is 28.5. The van der Waals surface area contributed by atoms with E-state index in [9.17, 15) is 18.4 Å². The Morgan fingerprint density at radius 2 is 2.19 bits per heavy atom. The van der Waals surface area contributed by atoms with Crippen LogP contribution >= 0.6 is 23.2 Å². The van der Waals surface area contributed by atoms with Crippen LogP contribution in [0, 0.1) is 0 Å². The summed E-state index contributed by atoms with van der Waals surface area (Å²) in [6, 6.07) is 1.32. The number of fused-ring (bicyclic) bond motifs is 3. The average Bonchev–Trinajstić information content (AvgIpc) is 2.86. The van der Waals surface area contributed by atoms with Gasteiger partial charge in [-0.1, -0.05) is 23.2 Å². The van der Waals surface area contributed by atoms with Gasteiger partial charge >= 0.3 is 6.55 Å². The van der Waals surface area contributed by atoms with Crippen molar-refractivity contribution in [2.24, 2.45) is 0 Å². The van der Waals surface area contributed by atoms with Gasteiger partial charge in [-0.05, 0) is 18.6 Å². The van der Waals surface area contributed by atoms with Gasteiger partial charge in [0, 0.05) is 24.0 Å². The molecule has 0 saturated carbocycles. The van der Waals surface area contributed by atoms with Crippen LogP contribution in [0.25, 0.3) is 10.9 Å². The molecule has 0 saturated heterocycles. The number of benzene rings is 1. The normalized spacial score (nSPS) is 17.2. The number of halogens is 4. The number of aliphatic hydroxyl groups is 1. The lowest BCUT2D eigenvalue weighted by Gasteiger charge is -2.13. The van der Waals surface area contributed by atoms with Crippen LogP contribution in [0.4, 0.5) is 14.5 Å². The van der Waals surface area contributed by atoms with Crippen molar-refractivity contribution >= 4 is 51.6 Å². The molecule has 2 amide bonds. The van der Waals surface area contributed by atoms with Crippen LogP contribution in [0.3, 0.4) is 0 Å². The highest BCUT2D eigenvalue weighted by Crippen LogP contribution is 2.45. The minimum Gasteiger partial charge on any atom is -0.387 e. The van der Waals surface area contributed by atoms with Gasteiger partial charge in [-0.15, -0.1) is 0 Å². The number of rotatable bonds is 3. The molecule has 2 aromatic rings. The summed E-state index contributed by atoms with van der Waals surface area (Å²) in [5.74, 6) is -1.80. The Morgan fingerprint density at radius 1 is 1.50 bits per heavy atom. The summed E-state index contributed by atoms with van der Waals surface area (Å²) in [7, 11) is 0. The molecule has 0 radical (unpaired) electrons. The van der Waals surface area contributed by atoms with Gasteiger partial charge in [0.25, 0.3) is 0 Å². The van der Waals surface area contributed by atoms with Gasteiger partial charge in [0.05, 0.1) is 27.2 Å². The first-order valence-electron chi connectivity index (χ1n) is 7.79. The zero-order valence-corrected chi connectivity index (χ0v) is 15.1. The number of aromatic nitrogens is 1. The van der Waals surface area contributed by atoms with Crippen LogP contribution in [-0.2, 0) is 16.0 Å². The summed E-state index contributed by atoms with van der Waals surface area (Å²) in [6.07, 6.45) is 0.172. The third-order valence-corrected chi connectivity index (χ3v) is 5.18.